The van der Waals surface area contributed by atoms with Crippen LogP contribution >= 0.6 is 15.9 Å². The summed E-state index contributed by atoms with van der Waals surface area (Å²) in [5, 5.41) is 18.4. The molecule has 0 amide bonds. The van der Waals surface area contributed by atoms with Gasteiger partial charge in [0.15, 0.2) is 0 Å². The van der Waals surface area contributed by atoms with Crippen molar-refractivity contribution in [3.63, 3.8) is 0 Å². The highest BCUT2D eigenvalue weighted by atomic mass is 79.9. The molecule has 1 aliphatic rings. The topological polar surface area (TPSA) is 73.1 Å². The smallest absolute Gasteiger partial charge is 0.225 e. The van der Waals surface area contributed by atoms with Crippen LogP contribution in [0.3, 0.4) is 0 Å². The lowest BCUT2D eigenvalue weighted by Gasteiger charge is -2.12. The Labute approximate surface area is 147 Å². The second kappa shape index (κ2) is 6.14. The number of nitrogens with zero attached hydrogens (tertiary/aromatic N) is 4. The number of halogens is 1. The van der Waals surface area contributed by atoms with Crippen molar-refractivity contribution in [1.29, 1.82) is 0 Å². The highest BCUT2D eigenvalue weighted by molar-refractivity contribution is 9.10. The Balaban J connectivity index is 1.69. The van der Waals surface area contributed by atoms with Crippen molar-refractivity contribution in [2.45, 2.75) is 32.4 Å². The van der Waals surface area contributed by atoms with Crippen LogP contribution in [0.2, 0.25) is 0 Å². The molecule has 24 heavy (non-hydrogen) atoms. The summed E-state index contributed by atoms with van der Waals surface area (Å²) in [6, 6.07) is 7.41. The van der Waals surface area contributed by atoms with E-state index in [2.05, 4.69) is 31.2 Å². The Kier molecular flexibility index (Phi) is 3.97. The molecule has 3 aromatic rings. The lowest BCUT2D eigenvalue weighted by molar-refractivity contribution is 0.194. The lowest BCUT2D eigenvalue weighted by Crippen LogP contribution is -2.01. The maximum atomic E-state index is 9.86. The van der Waals surface area contributed by atoms with Crippen molar-refractivity contribution in [1.82, 2.24) is 20.0 Å². The van der Waals surface area contributed by atoms with E-state index in [1.807, 2.05) is 16.8 Å². The van der Waals surface area contributed by atoms with E-state index in [-0.39, 0.29) is 0 Å². The van der Waals surface area contributed by atoms with Gasteiger partial charge in [-0.25, -0.2) is 9.67 Å². The first-order chi connectivity index (χ1) is 11.6. The van der Waals surface area contributed by atoms with E-state index < -0.39 is 6.10 Å². The maximum absolute atomic E-state index is 9.86. The third-order valence-corrected chi connectivity index (χ3v) is 4.94. The van der Waals surface area contributed by atoms with Gasteiger partial charge in [-0.3, -0.25) is 0 Å². The Morgan fingerprint density at radius 3 is 2.96 bits per heavy atom. The molecule has 4 rings (SSSR count). The molecule has 0 saturated heterocycles. The highest BCUT2D eigenvalue weighted by Gasteiger charge is 2.24. The van der Waals surface area contributed by atoms with Crippen LogP contribution in [0, 0.1) is 5.92 Å². The van der Waals surface area contributed by atoms with E-state index in [0.717, 1.165) is 28.0 Å². The van der Waals surface area contributed by atoms with Gasteiger partial charge in [-0.1, -0.05) is 5.21 Å². The predicted molar refractivity (Wildman–Crippen MR) is 92.9 cm³/mol. The van der Waals surface area contributed by atoms with E-state index in [1.165, 1.54) is 12.8 Å². The van der Waals surface area contributed by atoms with Crippen LogP contribution in [0.15, 0.2) is 34.9 Å². The van der Waals surface area contributed by atoms with Gasteiger partial charge in [-0.2, -0.15) is 0 Å². The molecule has 7 heteroatoms. The second-order valence-electron chi connectivity index (χ2n) is 6.14. The summed E-state index contributed by atoms with van der Waals surface area (Å²) >= 11 is 3.57. The monoisotopic (exact) mass is 388 g/mol. The average Bonchev–Trinajstić information content (AvgIpc) is 3.29. The van der Waals surface area contributed by atoms with Crippen molar-refractivity contribution in [3.8, 4) is 11.6 Å². The Morgan fingerprint density at radius 2 is 2.21 bits per heavy atom. The zero-order valence-electron chi connectivity index (χ0n) is 13.2. The number of hydrogen-bond donors (Lipinski definition) is 1. The SMILES string of the molecule is CC(O)c1cccnc1Oc1ccc2c(nnn2CC2CC2)c1Br. The molecular formula is C17H17BrN4O2. The molecule has 0 spiro atoms. The zero-order valence-corrected chi connectivity index (χ0v) is 14.8. The van der Waals surface area contributed by atoms with Crippen molar-refractivity contribution in [2.24, 2.45) is 5.92 Å². The number of aliphatic hydroxyl groups excluding tert-OH is 1. The highest BCUT2D eigenvalue weighted by Crippen LogP contribution is 2.37. The van der Waals surface area contributed by atoms with Crippen LogP contribution in [0.5, 0.6) is 11.6 Å². The van der Waals surface area contributed by atoms with Crippen molar-refractivity contribution < 1.29 is 9.84 Å². The van der Waals surface area contributed by atoms with Gasteiger partial charge in [0.05, 0.1) is 16.1 Å². The first kappa shape index (κ1) is 15.5. The van der Waals surface area contributed by atoms with E-state index in [1.54, 1.807) is 25.3 Å². The largest absolute Gasteiger partial charge is 0.437 e. The number of rotatable bonds is 5. The molecule has 6 nitrogen and oxygen atoms in total. The van der Waals surface area contributed by atoms with Gasteiger partial charge in [0, 0.05) is 18.3 Å². The van der Waals surface area contributed by atoms with Crippen LogP contribution in [0.1, 0.15) is 31.4 Å². The second-order valence-corrected chi connectivity index (χ2v) is 6.93. The van der Waals surface area contributed by atoms with Gasteiger partial charge >= 0.3 is 0 Å². The molecule has 124 valence electrons. The van der Waals surface area contributed by atoms with Crippen LogP contribution in [0.4, 0.5) is 0 Å². The molecule has 1 unspecified atom stereocenters. The van der Waals surface area contributed by atoms with Gasteiger partial charge in [0.25, 0.3) is 0 Å². The van der Waals surface area contributed by atoms with Crippen LogP contribution in [-0.2, 0) is 6.54 Å². The van der Waals surface area contributed by atoms with Crippen LogP contribution < -0.4 is 4.74 Å². The summed E-state index contributed by atoms with van der Waals surface area (Å²) in [7, 11) is 0. The van der Waals surface area contributed by atoms with E-state index in [0.29, 0.717) is 17.2 Å². The van der Waals surface area contributed by atoms with Gasteiger partial charge < -0.3 is 9.84 Å². The predicted octanol–water partition coefficient (Wildman–Crippen LogP) is 3.84. The summed E-state index contributed by atoms with van der Waals surface area (Å²) in [5.74, 6) is 1.71. The fraction of sp³-hybridized carbons (Fsp3) is 0.353. The molecule has 1 fully saturated rings. The van der Waals surface area contributed by atoms with Crippen LogP contribution in [0.25, 0.3) is 11.0 Å². The minimum atomic E-state index is -0.657. The minimum absolute atomic E-state index is 0.387. The number of aromatic nitrogens is 4. The average molecular weight is 389 g/mol. The molecule has 1 saturated carbocycles. The normalized spacial score (nSPS) is 15.6. The molecule has 0 bridgehead atoms. The minimum Gasteiger partial charge on any atom is -0.437 e. The molecule has 2 heterocycles. The molecule has 1 atom stereocenters. The van der Waals surface area contributed by atoms with Crippen molar-refractivity contribution in [3.05, 3.63) is 40.5 Å². The standard InChI is InChI=1S/C17H17BrN4O2/c1-10(23)12-3-2-8-19-17(12)24-14-7-6-13-16(15(14)18)20-21-22(13)9-11-4-5-11/h2-3,6-8,10-11,23H,4-5,9H2,1H3. The van der Waals surface area contributed by atoms with Crippen molar-refractivity contribution >= 4 is 27.0 Å². The molecular weight excluding hydrogens is 372 g/mol. The Hall–Kier alpha value is -1.99. The van der Waals surface area contributed by atoms with Gasteiger partial charge in [0.2, 0.25) is 5.88 Å². The summed E-state index contributed by atoms with van der Waals surface area (Å²) in [6.07, 6.45) is 3.52. The fourth-order valence-electron chi connectivity index (χ4n) is 2.66. The van der Waals surface area contributed by atoms with Crippen LogP contribution in [-0.4, -0.2) is 25.1 Å². The number of aliphatic hydroxyl groups is 1. The van der Waals surface area contributed by atoms with Gasteiger partial charge in [-0.15, -0.1) is 5.10 Å². The number of pyridine rings is 1. The molecule has 0 aliphatic heterocycles. The van der Waals surface area contributed by atoms with Gasteiger partial charge in [-0.05, 0) is 65.9 Å². The Bertz CT molecular complexity index is 889. The zero-order chi connectivity index (χ0) is 16.7. The number of hydrogen-bond acceptors (Lipinski definition) is 5. The van der Waals surface area contributed by atoms with E-state index in [4.69, 9.17) is 4.74 Å². The first-order valence-corrected chi connectivity index (χ1v) is 8.75. The molecule has 0 radical (unpaired) electrons. The molecule has 1 N–H and O–H groups in total. The third kappa shape index (κ3) is 2.89. The third-order valence-electron chi connectivity index (χ3n) is 4.18. The molecule has 1 aliphatic carbocycles. The first-order valence-electron chi connectivity index (χ1n) is 7.96. The Morgan fingerprint density at radius 1 is 1.38 bits per heavy atom. The maximum Gasteiger partial charge on any atom is 0.225 e. The lowest BCUT2D eigenvalue weighted by atomic mass is 10.2. The quantitative estimate of drug-likeness (QED) is 0.718. The molecule has 2 aromatic heterocycles. The molecule has 1 aromatic carbocycles. The number of benzene rings is 1. The summed E-state index contributed by atoms with van der Waals surface area (Å²) in [4.78, 5) is 4.22. The number of ether oxygens (including phenoxy) is 1. The summed E-state index contributed by atoms with van der Waals surface area (Å²) in [6.45, 7) is 2.60. The van der Waals surface area contributed by atoms with E-state index >= 15 is 0 Å². The van der Waals surface area contributed by atoms with Gasteiger partial charge in [0.1, 0.15) is 11.3 Å². The summed E-state index contributed by atoms with van der Waals surface area (Å²) in [5.41, 5.74) is 2.39. The van der Waals surface area contributed by atoms with E-state index in [9.17, 15) is 5.11 Å². The number of fused-ring (bicyclic) bond motifs is 1. The summed E-state index contributed by atoms with van der Waals surface area (Å²) < 4.78 is 8.61. The fourth-order valence-corrected chi connectivity index (χ4v) is 3.15. The van der Waals surface area contributed by atoms with Crippen molar-refractivity contribution in [2.75, 3.05) is 0 Å².